The first-order valence-electron chi connectivity index (χ1n) is 5.64. The number of hydrogen-bond donors (Lipinski definition) is 2. The maximum absolute atomic E-state index is 11.4. The second-order valence-electron chi connectivity index (χ2n) is 4.27. The molecule has 0 bridgehead atoms. The topological polar surface area (TPSA) is 68.0 Å². The Morgan fingerprint density at radius 2 is 2.31 bits per heavy atom. The van der Waals surface area contributed by atoms with E-state index in [2.05, 4.69) is 10.3 Å². The maximum atomic E-state index is 11.4. The number of aryl methyl sites for hydroxylation is 1. The standard InChI is InChI=1S/C11H17N3OS/c1-7-13-9(6-16-7)10(11(12)15)14-8-4-2-3-5-8/h6,8,10,14H,2-5H2,1H3,(H2,12,15). The zero-order valence-electron chi connectivity index (χ0n) is 9.40. The van der Waals surface area contributed by atoms with Gasteiger partial charge in [-0.2, -0.15) is 0 Å². The molecule has 2 rings (SSSR count). The Hall–Kier alpha value is -0.940. The molecule has 0 aliphatic heterocycles. The van der Waals surface area contributed by atoms with Crippen molar-refractivity contribution < 1.29 is 4.79 Å². The van der Waals surface area contributed by atoms with E-state index in [1.807, 2.05) is 12.3 Å². The van der Waals surface area contributed by atoms with Crippen LogP contribution >= 0.6 is 11.3 Å². The van der Waals surface area contributed by atoms with Gasteiger partial charge in [0.2, 0.25) is 5.91 Å². The summed E-state index contributed by atoms with van der Waals surface area (Å²) in [6.45, 7) is 1.93. The van der Waals surface area contributed by atoms with Crippen molar-refractivity contribution in [2.45, 2.75) is 44.7 Å². The Bertz CT molecular complexity index is 371. The number of primary amides is 1. The molecule has 3 N–H and O–H groups in total. The number of carbonyl (C=O) groups excluding carboxylic acids is 1. The van der Waals surface area contributed by atoms with E-state index in [-0.39, 0.29) is 5.91 Å². The Kier molecular flexibility index (Phi) is 3.56. The van der Waals surface area contributed by atoms with Crippen LogP contribution < -0.4 is 11.1 Å². The lowest BCUT2D eigenvalue weighted by Crippen LogP contribution is -2.39. The monoisotopic (exact) mass is 239 g/mol. The van der Waals surface area contributed by atoms with Gasteiger partial charge in [-0.25, -0.2) is 4.98 Å². The SMILES string of the molecule is Cc1nc(C(NC2CCCC2)C(N)=O)cs1. The highest BCUT2D eigenvalue weighted by atomic mass is 32.1. The zero-order valence-corrected chi connectivity index (χ0v) is 10.2. The Morgan fingerprint density at radius 1 is 1.62 bits per heavy atom. The van der Waals surface area contributed by atoms with Crippen LogP contribution in [0, 0.1) is 6.92 Å². The molecule has 4 nitrogen and oxygen atoms in total. The number of thiazole rings is 1. The van der Waals surface area contributed by atoms with Gasteiger partial charge in [-0.05, 0) is 19.8 Å². The van der Waals surface area contributed by atoms with E-state index in [0.717, 1.165) is 23.5 Å². The summed E-state index contributed by atoms with van der Waals surface area (Å²) in [5.74, 6) is -0.336. The number of carbonyl (C=O) groups is 1. The molecule has 0 saturated heterocycles. The highest BCUT2D eigenvalue weighted by molar-refractivity contribution is 7.09. The van der Waals surface area contributed by atoms with Crippen molar-refractivity contribution in [1.82, 2.24) is 10.3 Å². The van der Waals surface area contributed by atoms with Crippen LogP contribution in [0.3, 0.4) is 0 Å². The minimum atomic E-state index is -0.423. The molecule has 1 aliphatic carbocycles. The first kappa shape index (κ1) is 11.5. The summed E-state index contributed by atoms with van der Waals surface area (Å²) >= 11 is 1.55. The lowest BCUT2D eigenvalue weighted by molar-refractivity contribution is -0.120. The summed E-state index contributed by atoms with van der Waals surface area (Å²) in [5.41, 5.74) is 6.18. The summed E-state index contributed by atoms with van der Waals surface area (Å²) in [5, 5.41) is 6.19. The van der Waals surface area contributed by atoms with Crippen LogP contribution in [0.4, 0.5) is 0 Å². The average Bonchev–Trinajstić information content (AvgIpc) is 2.84. The Labute approximate surface area is 99.3 Å². The van der Waals surface area contributed by atoms with Crippen molar-refractivity contribution in [1.29, 1.82) is 0 Å². The molecule has 1 unspecified atom stereocenters. The molecule has 1 aromatic heterocycles. The van der Waals surface area contributed by atoms with Crippen LogP contribution in [0.1, 0.15) is 42.4 Å². The number of rotatable bonds is 4. The molecule has 1 atom stereocenters. The summed E-state index contributed by atoms with van der Waals surface area (Å²) < 4.78 is 0. The van der Waals surface area contributed by atoms with Crippen LogP contribution in [-0.4, -0.2) is 16.9 Å². The fourth-order valence-electron chi connectivity index (χ4n) is 2.15. The first-order valence-corrected chi connectivity index (χ1v) is 6.52. The Morgan fingerprint density at radius 3 is 2.81 bits per heavy atom. The largest absolute Gasteiger partial charge is 0.368 e. The molecule has 5 heteroatoms. The molecule has 1 heterocycles. The van der Waals surface area contributed by atoms with Crippen LogP contribution in [-0.2, 0) is 4.79 Å². The van der Waals surface area contributed by atoms with Crippen molar-refractivity contribution in [3.8, 4) is 0 Å². The third-order valence-corrected chi connectivity index (χ3v) is 3.77. The van der Waals surface area contributed by atoms with Crippen LogP contribution in [0.25, 0.3) is 0 Å². The van der Waals surface area contributed by atoms with Crippen molar-refractivity contribution >= 4 is 17.2 Å². The third-order valence-electron chi connectivity index (χ3n) is 2.97. The van der Waals surface area contributed by atoms with E-state index in [9.17, 15) is 4.79 Å². The van der Waals surface area contributed by atoms with Gasteiger partial charge in [0.25, 0.3) is 0 Å². The molecule has 16 heavy (non-hydrogen) atoms. The summed E-state index contributed by atoms with van der Waals surface area (Å²) in [6, 6.07) is -0.00689. The van der Waals surface area contributed by atoms with Gasteiger partial charge in [0.1, 0.15) is 6.04 Å². The van der Waals surface area contributed by atoms with Gasteiger partial charge in [0.05, 0.1) is 10.7 Å². The average molecular weight is 239 g/mol. The maximum Gasteiger partial charge on any atom is 0.240 e. The zero-order chi connectivity index (χ0) is 11.5. The molecule has 1 amide bonds. The minimum absolute atomic E-state index is 0.336. The van der Waals surface area contributed by atoms with E-state index < -0.39 is 6.04 Å². The van der Waals surface area contributed by atoms with Gasteiger partial charge < -0.3 is 5.73 Å². The molecule has 1 aliphatic rings. The third kappa shape index (κ3) is 2.59. The summed E-state index contributed by atoms with van der Waals surface area (Å²) in [4.78, 5) is 15.8. The predicted molar refractivity (Wildman–Crippen MR) is 64.2 cm³/mol. The van der Waals surface area contributed by atoms with Gasteiger partial charge in [0, 0.05) is 11.4 Å². The van der Waals surface area contributed by atoms with E-state index in [4.69, 9.17) is 5.73 Å². The molecule has 0 spiro atoms. The van der Waals surface area contributed by atoms with Crippen LogP contribution in [0.5, 0.6) is 0 Å². The van der Waals surface area contributed by atoms with E-state index in [0.29, 0.717) is 6.04 Å². The molecule has 1 fully saturated rings. The number of nitrogens with zero attached hydrogens (tertiary/aromatic N) is 1. The predicted octanol–water partition coefficient (Wildman–Crippen LogP) is 1.51. The molecule has 1 aromatic rings. The Balaban J connectivity index is 2.07. The summed E-state index contributed by atoms with van der Waals surface area (Å²) in [7, 11) is 0. The second-order valence-corrected chi connectivity index (χ2v) is 5.34. The fourth-order valence-corrected chi connectivity index (χ4v) is 2.79. The molecule has 0 aromatic carbocycles. The molecule has 0 radical (unpaired) electrons. The van der Waals surface area contributed by atoms with E-state index in [1.165, 1.54) is 12.8 Å². The van der Waals surface area contributed by atoms with Gasteiger partial charge >= 0.3 is 0 Å². The number of nitrogens with two attached hydrogens (primary N) is 1. The number of aromatic nitrogens is 1. The van der Waals surface area contributed by atoms with Crippen molar-refractivity contribution in [3.05, 3.63) is 16.1 Å². The fraction of sp³-hybridized carbons (Fsp3) is 0.636. The van der Waals surface area contributed by atoms with Crippen molar-refractivity contribution in [2.75, 3.05) is 0 Å². The molecule has 1 saturated carbocycles. The number of amides is 1. The smallest absolute Gasteiger partial charge is 0.240 e. The highest BCUT2D eigenvalue weighted by Gasteiger charge is 2.25. The van der Waals surface area contributed by atoms with E-state index >= 15 is 0 Å². The van der Waals surface area contributed by atoms with Crippen molar-refractivity contribution in [3.63, 3.8) is 0 Å². The highest BCUT2D eigenvalue weighted by Crippen LogP contribution is 2.22. The van der Waals surface area contributed by atoms with Crippen molar-refractivity contribution in [2.24, 2.45) is 5.73 Å². The molecular weight excluding hydrogens is 222 g/mol. The van der Waals surface area contributed by atoms with Crippen LogP contribution in [0.2, 0.25) is 0 Å². The normalized spacial score (nSPS) is 18.8. The van der Waals surface area contributed by atoms with Gasteiger partial charge in [-0.15, -0.1) is 11.3 Å². The first-order chi connectivity index (χ1) is 7.66. The number of hydrogen-bond acceptors (Lipinski definition) is 4. The molecule has 88 valence electrons. The van der Waals surface area contributed by atoms with Gasteiger partial charge in [0.15, 0.2) is 0 Å². The van der Waals surface area contributed by atoms with Gasteiger partial charge in [-0.1, -0.05) is 12.8 Å². The summed E-state index contributed by atoms with van der Waals surface area (Å²) in [6.07, 6.45) is 4.73. The minimum Gasteiger partial charge on any atom is -0.368 e. The second kappa shape index (κ2) is 4.93. The van der Waals surface area contributed by atoms with Crippen LogP contribution in [0.15, 0.2) is 5.38 Å². The number of nitrogens with one attached hydrogen (secondary N) is 1. The lowest BCUT2D eigenvalue weighted by Gasteiger charge is -2.18. The quantitative estimate of drug-likeness (QED) is 0.837. The van der Waals surface area contributed by atoms with Gasteiger partial charge in [-0.3, -0.25) is 10.1 Å². The van der Waals surface area contributed by atoms with E-state index in [1.54, 1.807) is 11.3 Å². The molecular formula is C11H17N3OS. The lowest BCUT2D eigenvalue weighted by atomic mass is 10.1.